The molecular formula is C36H37F3N4O3. The van der Waals surface area contributed by atoms with E-state index in [0.717, 1.165) is 99.3 Å². The van der Waals surface area contributed by atoms with E-state index in [9.17, 15) is 18.0 Å². The summed E-state index contributed by atoms with van der Waals surface area (Å²) in [6, 6.07) is 13.5. The van der Waals surface area contributed by atoms with E-state index in [1.54, 1.807) is 12.1 Å². The number of carbonyl (C=O) groups excluding carboxylic acids is 1. The highest BCUT2D eigenvalue weighted by Gasteiger charge is 2.47. The third-order valence-electron chi connectivity index (χ3n) is 10.7. The number of benzene rings is 2. The fourth-order valence-corrected chi connectivity index (χ4v) is 7.85. The van der Waals surface area contributed by atoms with E-state index < -0.39 is 17.6 Å². The Morgan fingerprint density at radius 1 is 1.04 bits per heavy atom. The molecule has 0 unspecified atom stereocenters. The Kier molecular flexibility index (Phi) is 7.03. The summed E-state index contributed by atoms with van der Waals surface area (Å²) in [5, 5.41) is 5.12. The molecule has 46 heavy (non-hydrogen) atoms. The molecule has 3 saturated carbocycles. The topological polar surface area (TPSA) is 94.5 Å². The number of hydrogen-bond donors (Lipinski definition) is 1. The van der Waals surface area contributed by atoms with E-state index in [0.29, 0.717) is 29.3 Å². The summed E-state index contributed by atoms with van der Waals surface area (Å²) in [6.45, 7) is 1.85. The average Bonchev–Trinajstić information content (AvgIpc) is 3.77. The molecule has 1 spiro atoms. The average molecular weight is 631 g/mol. The van der Waals surface area contributed by atoms with E-state index in [1.165, 1.54) is 12.1 Å². The molecule has 8 rings (SSSR count). The Labute approximate surface area is 265 Å². The Hall–Kier alpha value is -4.08. The number of piperidine rings is 1. The summed E-state index contributed by atoms with van der Waals surface area (Å²) in [5.74, 6) is 1.55. The first-order chi connectivity index (χ1) is 22.2. The van der Waals surface area contributed by atoms with Crippen LogP contribution in [0, 0.1) is 11.3 Å². The SMILES string of the molecule is NC(=O)c1cc(OC2CCC2)c2cc(N3CCC4(CC3)CC(Cc3c(-c5ccccc5C(F)(F)F)noc3C3CC3)C4)ccc2n1. The fourth-order valence-electron chi connectivity index (χ4n) is 7.85. The van der Waals surface area contributed by atoms with Gasteiger partial charge in [0.25, 0.3) is 5.91 Å². The number of anilines is 1. The minimum atomic E-state index is -4.46. The van der Waals surface area contributed by atoms with Crippen LogP contribution in [0.25, 0.3) is 22.2 Å². The number of carbonyl (C=O) groups is 1. The number of ether oxygens (including phenoxy) is 1. The van der Waals surface area contributed by atoms with Crippen molar-refractivity contribution >= 4 is 22.5 Å². The molecule has 3 aliphatic carbocycles. The van der Waals surface area contributed by atoms with E-state index in [-0.39, 0.29) is 28.7 Å². The molecule has 4 fully saturated rings. The van der Waals surface area contributed by atoms with Crippen LogP contribution in [0.1, 0.15) is 91.1 Å². The number of amides is 1. The number of pyridine rings is 1. The number of rotatable bonds is 8. The second-order valence-corrected chi connectivity index (χ2v) is 13.9. The van der Waals surface area contributed by atoms with Gasteiger partial charge in [0.2, 0.25) is 0 Å². The predicted octanol–water partition coefficient (Wildman–Crippen LogP) is 8.06. The minimum Gasteiger partial charge on any atom is -0.490 e. The Bertz CT molecular complexity index is 1790. The second kappa shape index (κ2) is 11.0. The van der Waals surface area contributed by atoms with E-state index in [1.807, 2.05) is 6.07 Å². The first kappa shape index (κ1) is 29.3. The maximum Gasteiger partial charge on any atom is 0.417 e. The highest BCUT2D eigenvalue weighted by Crippen LogP contribution is 2.55. The summed E-state index contributed by atoms with van der Waals surface area (Å²) in [4.78, 5) is 18.8. The fraction of sp³-hybridized carbons (Fsp3) is 0.472. The predicted molar refractivity (Wildman–Crippen MR) is 168 cm³/mol. The van der Waals surface area contributed by atoms with Crippen molar-refractivity contribution in [1.82, 2.24) is 10.1 Å². The zero-order chi connectivity index (χ0) is 31.6. The Morgan fingerprint density at radius 3 is 2.48 bits per heavy atom. The van der Waals surface area contributed by atoms with Crippen molar-refractivity contribution in [1.29, 1.82) is 0 Å². The number of primary amides is 1. The molecule has 3 heterocycles. The summed E-state index contributed by atoms with van der Waals surface area (Å²) in [5.41, 5.74) is 8.51. The normalized spacial score (nSPS) is 20.1. The highest BCUT2D eigenvalue weighted by atomic mass is 19.4. The van der Waals surface area contributed by atoms with Crippen molar-refractivity contribution in [2.75, 3.05) is 18.0 Å². The first-order valence-corrected chi connectivity index (χ1v) is 16.5. The zero-order valence-electron chi connectivity index (χ0n) is 25.6. The quantitative estimate of drug-likeness (QED) is 0.212. The molecule has 2 N–H and O–H groups in total. The van der Waals surface area contributed by atoms with Crippen molar-refractivity contribution < 1.29 is 27.2 Å². The molecule has 4 aromatic rings. The van der Waals surface area contributed by atoms with Gasteiger partial charge in [-0.2, -0.15) is 13.2 Å². The van der Waals surface area contributed by atoms with Gasteiger partial charge in [0.15, 0.2) is 0 Å². The molecule has 10 heteroatoms. The van der Waals surface area contributed by atoms with E-state index in [4.69, 9.17) is 15.0 Å². The van der Waals surface area contributed by atoms with Gasteiger partial charge in [0.1, 0.15) is 22.9 Å². The third-order valence-corrected chi connectivity index (χ3v) is 10.7. The van der Waals surface area contributed by atoms with Gasteiger partial charge in [0, 0.05) is 47.3 Å². The number of fused-ring (bicyclic) bond motifs is 1. The van der Waals surface area contributed by atoms with Crippen molar-refractivity contribution in [3.05, 3.63) is 71.1 Å². The summed E-state index contributed by atoms with van der Waals surface area (Å²) < 4.78 is 53.7. The standard InChI is InChI=1S/C36H37F3N4O3/c37-36(38,39)28-7-2-1-6-25(28)32-27(33(46-42-32)22-8-9-22)16-21-19-35(20-21)12-14-43(15-13-35)23-10-11-29-26(17-23)31(45-24-4-3-5-24)18-30(41-29)34(40)44/h1-2,6-7,10-11,17-18,21-22,24H,3-5,8-9,12-16,19-20H2,(H2,40,44). The molecule has 2 aromatic heterocycles. The lowest BCUT2D eigenvalue weighted by Gasteiger charge is -2.53. The van der Waals surface area contributed by atoms with Gasteiger partial charge in [0.05, 0.1) is 17.2 Å². The zero-order valence-corrected chi connectivity index (χ0v) is 25.6. The van der Waals surface area contributed by atoms with Crippen LogP contribution in [-0.4, -0.2) is 35.2 Å². The van der Waals surface area contributed by atoms with Gasteiger partial charge in [-0.05, 0) is 99.8 Å². The maximum atomic E-state index is 13.9. The number of halogens is 3. The van der Waals surface area contributed by atoms with Crippen LogP contribution in [0.4, 0.5) is 18.9 Å². The third kappa shape index (κ3) is 5.39. The molecule has 4 aliphatic rings. The van der Waals surface area contributed by atoms with E-state index in [2.05, 4.69) is 27.2 Å². The summed E-state index contributed by atoms with van der Waals surface area (Å²) in [6.07, 6.45) is 5.81. The molecule has 1 saturated heterocycles. The van der Waals surface area contributed by atoms with Gasteiger partial charge in [-0.15, -0.1) is 0 Å². The Morgan fingerprint density at radius 2 is 1.80 bits per heavy atom. The lowest BCUT2D eigenvalue weighted by atomic mass is 9.56. The van der Waals surface area contributed by atoms with Gasteiger partial charge < -0.3 is 19.9 Å². The van der Waals surface area contributed by atoms with Gasteiger partial charge >= 0.3 is 6.18 Å². The van der Waals surface area contributed by atoms with Gasteiger partial charge in [-0.3, -0.25) is 4.79 Å². The number of nitrogens with two attached hydrogens (primary N) is 1. The van der Waals surface area contributed by atoms with Crippen LogP contribution in [0.5, 0.6) is 5.75 Å². The lowest BCUT2D eigenvalue weighted by molar-refractivity contribution is -0.137. The largest absolute Gasteiger partial charge is 0.490 e. The first-order valence-electron chi connectivity index (χ1n) is 16.5. The molecule has 2 aromatic carbocycles. The summed E-state index contributed by atoms with van der Waals surface area (Å²) in [7, 11) is 0. The highest BCUT2D eigenvalue weighted by molar-refractivity contribution is 5.97. The molecular weight excluding hydrogens is 593 g/mol. The second-order valence-electron chi connectivity index (χ2n) is 13.9. The lowest BCUT2D eigenvalue weighted by Crippen LogP contribution is -2.47. The van der Waals surface area contributed by atoms with Crippen molar-refractivity contribution in [3.63, 3.8) is 0 Å². The maximum absolute atomic E-state index is 13.9. The monoisotopic (exact) mass is 630 g/mol. The molecule has 1 amide bonds. The molecule has 7 nitrogen and oxygen atoms in total. The van der Waals surface area contributed by atoms with Crippen molar-refractivity contribution in [3.8, 4) is 17.0 Å². The van der Waals surface area contributed by atoms with Crippen LogP contribution in [0.15, 0.2) is 53.1 Å². The molecule has 1 aliphatic heterocycles. The number of alkyl halides is 3. The smallest absolute Gasteiger partial charge is 0.417 e. The molecule has 240 valence electrons. The van der Waals surface area contributed by atoms with Crippen LogP contribution in [-0.2, 0) is 12.6 Å². The van der Waals surface area contributed by atoms with Crippen molar-refractivity contribution in [2.24, 2.45) is 17.1 Å². The van der Waals surface area contributed by atoms with Crippen LogP contribution in [0.3, 0.4) is 0 Å². The number of hydrogen-bond acceptors (Lipinski definition) is 6. The van der Waals surface area contributed by atoms with Crippen LogP contribution in [0.2, 0.25) is 0 Å². The number of aromatic nitrogens is 2. The minimum absolute atomic E-state index is 0.112. The van der Waals surface area contributed by atoms with Crippen LogP contribution < -0.4 is 15.4 Å². The molecule has 0 atom stereocenters. The van der Waals surface area contributed by atoms with Crippen LogP contribution >= 0.6 is 0 Å². The number of nitrogens with zero attached hydrogens (tertiary/aromatic N) is 3. The molecule has 0 bridgehead atoms. The summed E-state index contributed by atoms with van der Waals surface area (Å²) >= 11 is 0. The molecule has 0 radical (unpaired) electrons. The van der Waals surface area contributed by atoms with Gasteiger partial charge in [-0.25, -0.2) is 4.98 Å². The van der Waals surface area contributed by atoms with E-state index >= 15 is 0 Å². The van der Waals surface area contributed by atoms with Crippen molar-refractivity contribution in [2.45, 2.75) is 82.4 Å². The van der Waals surface area contributed by atoms with Gasteiger partial charge in [-0.1, -0.05) is 23.4 Å². The Balaban J connectivity index is 0.965.